The van der Waals surface area contributed by atoms with Gasteiger partial charge in [0.25, 0.3) is 5.69 Å². The molecule has 0 N–H and O–H groups in total. The van der Waals surface area contributed by atoms with E-state index in [0.29, 0.717) is 5.39 Å². The van der Waals surface area contributed by atoms with Crippen LogP contribution in [0.4, 0.5) is 5.69 Å². The van der Waals surface area contributed by atoms with E-state index in [2.05, 4.69) is 4.98 Å². The van der Waals surface area contributed by atoms with E-state index in [1.807, 2.05) is 6.92 Å². The van der Waals surface area contributed by atoms with E-state index in [0.717, 1.165) is 17.5 Å². The van der Waals surface area contributed by atoms with Crippen LogP contribution in [0.25, 0.3) is 10.9 Å². The lowest BCUT2D eigenvalue weighted by Crippen LogP contribution is -1.93. The van der Waals surface area contributed by atoms with Gasteiger partial charge in [0.1, 0.15) is 0 Å². The van der Waals surface area contributed by atoms with Gasteiger partial charge in [-0.25, -0.2) is 0 Å². The summed E-state index contributed by atoms with van der Waals surface area (Å²) in [6.07, 6.45) is 2.48. The fourth-order valence-electron chi connectivity index (χ4n) is 1.66. The Balaban J connectivity index is 2.83. The van der Waals surface area contributed by atoms with Crippen molar-refractivity contribution in [1.29, 1.82) is 0 Å². The Labute approximate surface area is 86.7 Å². The number of rotatable bonds is 2. The normalized spacial score (nSPS) is 10.5. The van der Waals surface area contributed by atoms with Crippen LogP contribution in [0.1, 0.15) is 12.5 Å². The van der Waals surface area contributed by atoms with Gasteiger partial charge in [-0.15, -0.1) is 0 Å². The molecule has 0 amide bonds. The predicted molar refractivity (Wildman–Crippen MR) is 57.8 cm³/mol. The molecule has 0 spiro atoms. The van der Waals surface area contributed by atoms with Crippen molar-refractivity contribution in [3.05, 3.63) is 46.1 Å². The standard InChI is InChI=1S/C11H10N2O2/c1-2-8-5-6-10(13(14)15)9-4-3-7-12-11(8)9/h3-7H,2H2,1H3. The Morgan fingerprint density at radius 1 is 1.40 bits per heavy atom. The van der Waals surface area contributed by atoms with Gasteiger partial charge in [-0.2, -0.15) is 0 Å². The molecule has 1 aromatic heterocycles. The average molecular weight is 202 g/mol. The number of nitro groups is 1. The number of aromatic nitrogens is 1. The number of nitrogens with zero attached hydrogens (tertiary/aromatic N) is 2. The SMILES string of the molecule is CCc1ccc([N+](=O)[O-])c2cccnc12. The largest absolute Gasteiger partial charge is 0.278 e. The molecule has 2 rings (SSSR count). The number of hydrogen-bond acceptors (Lipinski definition) is 3. The maximum absolute atomic E-state index is 10.8. The van der Waals surface area contributed by atoms with Gasteiger partial charge in [0.15, 0.2) is 0 Å². The Bertz CT molecular complexity index is 523. The monoisotopic (exact) mass is 202 g/mol. The molecule has 0 aliphatic heterocycles. The molecule has 0 atom stereocenters. The van der Waals surface area contributed by atoms with E-state index in [4.69, 9.17) is 0 Å². The second-order valence-electron chi connectivity index (χ2n) is 3.25. The highest BCUT2D eigenvalue weighted by atomic mass is 16.6. The highest BCUT2D eigenvalue weighted by Gasteiger charge is 2.13. The quantitative estimate of drug-likeness (QED) is 0.555. The van der Waals surface area contributed by atoms with Gasteiger partial charge < -0.3 is 0 Å². The number of hydrogen-bond donors (Lipinski definition) is 0. The molecule has 0 saturated carbocycles. The van der Waals surface area contributed by atoms with Crippen molar-refractivity contribution < 1.29 is 4.92 Å². The van der Waals surface area contributed by atoms with Gasteiger partial charge in [-0.1, -0.05) is 13.0 Å². The van der Waals surface area contributed by atoms with E-state index < -0.39 is 0 Å². The van der Waals surface area contributed by atoms with E-state index in [1.165, 1.54) is 0 Å². The molecule has 1 heterocycles. The zero-order valence-electron chi connectivity index (χ0n) is 8.30. The van der Waals surface area contributed by atoms with Gasteiger partial charge in [-0.3, -0.25) is 15.1 Å². The summed E-state index contributed by atoms with van der Waals surface area (Å²) in [6, 6.07) is 6.77. The van der Waals surface area contributed by atoms with Crippen molar-refractivity contribution in [2.75, 3.05) is 0 Å². The van der Waals surface area contributed by atoms with Crippen LogP contribution in [-0.4, -0.2) is 9.91 Å². The van der Waals surface area contributed by atoms with Crippen LogP contribution < -0.4 is 0 Å². The van der Waals surface area contributed by atoms with E-state index in [-0.39, 0.29) is 10.6 Å². The Hall–Kier alpha value is -1.97. The molecule has 0 bridgehead atoms. The fraction of sp³-hybridized carbons (Fsp3) is 0.182. The summed E-state index contributed by atoms with van der Waals surface area (Å²) in [5.41, 5.74) is 1.89. The predicted octanol–water partition coefficient (Wildman–Crippen LogP) is 2.71. The Kier molecular flexibility index (Phi) is 2.33. The van der Waals surface area contributed by atoms with Crippen molar-refractivity contribution >= 4 is 16.6 Å². The Morgan fingerprint density at radius 2 is 2.20 bits per heavy atom. The minimum atomic E-state index is -0.372. The van der Waals surface area contributed by atoms with Crippen LogP contribution in [0.3, 0.4) is 0 Å². The number of nitro benzene ring substituents is 1. The lowest BCUT2D eigenvalue weighted by Gasteiger charge is -2.03. The van der Waals surface area contributed by atoms with Gasteiger partial charge in [-0.05, 0) is 24.1 Å². The molecule has 0 fully saturated rings. The van der Waals surface area contributed by atoms with Crippen molar-refractivity contribution in [2.45, 2.75) is 13.3 Å². The number of benzene rings is 1. The topological polar surface area (TPSA) is 56.0 Å². The number of pyridine rings is 1. The third-order valence-corrected chi connectivity index (χ3v) is 2.41. The lowest BCUT2D eigenvalue weighted by atomic mass is 10.1. The summed E-state index contributed by atoms with van der Waals surface area (Å²) >= 11 is 0. The molecule has 0 aliphatic rings. The van der Waals surface area contributed by atoms with Crippen LogP contribution in [-0.2, 0) is 6.42 Å². The zero-order chi connectivity index (χ0) is 10.8. The summed E-state index contributed by atoms with van der Waals surface area (Å²) in [4.78, 5) is 14.6. The maximum atomic E-state index is 10.8. The lowest BCUT2D eigenvalue weighted by molar-refractivity contribution is -0.383. The van der Waals surface area contributed by atoms with Crippen LogP contribution in [0.15, 0.2) is 30.5 Å². The first-order chi connectivity index (χ1) is 7.24. The molecule has 1 aromatic carbocycles. The third kappa shape index (κ3) is 1.54. The van der Waals surface area contributed by atoms with Crippen molar-refractivity contribution in [3.8, 4) is 0 Å². The third-order valence-electron chi connectivity index (χ3n) is 2.41. The fourth-order valence-corrected chi connectivity index (χ4v) is 1.66. The van der Waals surface area contributed by atoms with Gasteiger partial charge >= 0.3 is 0 Å². The minimum Gasteiger partial charge on any atom is -0.258 e. The minimum absolute atomic E-state index is 0.121. The molecular weight excluding hydrogens is 192 g/mol. The van der Waals surface area contributed by atoms with E-state index >= 15 is 0 Å². The molecular formula is C11H10N2O2. The zero-order valence-corrected chi connectivity index (χ0v) is 8.30. The summed E-state index contributed by atoms with van der Waals surface area (Å²) in [6.45, 7) is 2.01. The Morgan fingerprint density at radius 3 is 2.87 bits per heavy atom. The second-order valence-corrected chi connectivity index (χ2v) is 3.25. The molecule has 4 nitrogen and oxygen atoms in total. The van der Waals surface area contributed by atoms with Gasteiger partial charge in [0, 0.05) is 12.3 Å². The van der Waals surface area contributed by atoms with Crippen LogP contribution in [0.2, 0.25) is 0 Å². The first-order valence-electron chi connectivity index (χ1n) is 4.75. The first-order valence-corrected chi connectivity index (χ1v) is 4.75. The van der Waals surface area contributed by atoms with E-state index in [1.54, 1.807) is 30.5 Å². The molecule has 15 heavy (non-hydrogen) atoms. The van der Waals surface area contributed by atoms with Gasteiger partial charge in [0.2, 0.25) is 0 Å². The summed E-state index contributed by atoms with van der Waals surface area (Å²) in [7, 11) is 0. The van der Waals surface area contributed by atoms with E-state index in [9.17, 15) is 10.1 Å². The summed E-state index contributed by atoms with van der Waals surface area (Å²) < 4.78 is 0. The molecule has 2 aromatic rings. The first kappa shape index (κ1) is 9.58. The van der Waals surface area contributed by atoms with Crippen LogP contribution >= 0.6 is 0 Å². The number of aryl methyl sites for hydroxylation is 1. The smallest absolute Gasteiger partial charge is 0.258 e. The molecule has 0 unspecified atom stereocenters. The molecule has 76 valence electrons. The van der Waals surface area contributed by atoms with Crippen LogP contribution in [0.5, 0.6) is 0 Å². The highest BCUT2D eigenvalue weighted by Crippen LogP contribution is 2.26. The number of non-ortho nitro benzene ring substituents is 1. The molecule has 4 heteroatoms. The number of fused-ring (bicyclic) bond motifs is 1. The maximum Gasteiger partial charge on any atom is 0.278 e. The summed E-state index contributed by atoms with van der Waals surface area (Å²) in [5, 5.41) is 11.4. The van der Waals surface area contributed by atoms with Crippen LogP contribution in [0, 0.1) is 10.1 Å². The van der Waals surface area contributed by atoms with Gasteiger partial charge in [0.05, 0.1) is 15.8 Å². The second kappa shape index (κ2) is 3.65. The highest BCUT2D eigenvalue weighted by molar-refractivity contribution is 5.90. The molecule has 0 saturated heterocycles. The van der Waals surface area contributed by atoms with Crippen molar-refractivity contribution in [2.24, 2.45) is 0 Å². The van der Waals surface area contributed by atoms with Crippen molar-refractivity contribution in [1.82, 2.24) is 4.98 Å². The van der Waals surface area contributed by atoms with Crippen molar-refractivity contribution in [3.63, 3.8) is 0 Å². The average Bonchev–Trinajstić information content (AvgIpc) is 2.27. The molecule has 0 aliphatic carbocycles. The summed E-state index contributed by atoms with van der Waals surface area (Å²) in [5.74, 6) is 0. The molecule has 0 radical (unpaired) electrons.